The third-order valence-electron chi connectivity index (χ3n) is 2.40. The molecule has 0 aliphatic heterocycles. The van der Waals surface area contributed by atoms with Crippen molar-refractivity contribution in [3.8, 4) is 5.88 Å². The first-order valence-corrected chi connectivity index (χ1v) is 6.60. The summed E-state index contributed by atoms with van der Waals surface area (Å²) in [6.07, 6.45) is 4.34. The molecule has 1 rings (SSSR count). The second-order valence-electron chi connectivity index (χ2n) is 4.02. The molecule has 7 nitrogen and oxygen atoms in total. The van der Waals surface area contributed by atoms with Crippen molar-refractivity contribution in [3.05, 3.63) is 5.69 Å². The fourth-order valence-corrected chi connectivity index (χ4v) is 1.23. The highest BCUT2D eigenvalue weighted by molar-refractivity contribution is 5.89. The van der Waals surface area contributed by atoms with Crippen molar-refractivity contribution in [2.45, 2.75) is 46.1 Å². The number of aryl methyl sites for hydroxylation is 1. The molecule has 7 heteroatoms. The normalized spacial score (nSPS) is 9.68. The van der Waals surface area contributed by atoms with E-state index in [2.05, 4.69) is 27.7 Å². The standard InChI is InChI=1S/C8H13N3O3.C4H11N/c1-3-4-5-11-7(12)6(9-10-11)8(13)14-2;1-2-3-4-5/h12H,3-5H2,1-2H3;2-5H2,1H3. The molecule has 0 aliphatic carbocycles. The Morgan fingerprint density at radius 2 is 2.00 bits per heavy atom. The first-order valence-electron chi connectivity index (χ1n) is 6.60. The van der Waals surface area contributed by atoms with E-state index < -0.39 is 11.8 Å². The van der Waals surface area contributed by atoms with E-state index in [4.69, 9.17) is 0 Å². The van der Waals surface area contributed by atoms with Crippen LogP contribution in [0.3, 0.4) is 0 Å². The van der Waals surface area contributed by atoms with Crippen molar-refractivity contribution in [1.29, 1.82) is 0 Å². The minimum absolute atomic E-state index is 0.247. The first kappa shape index (κ1) is 17.4. The van der Waals surface area contributed by atoms with Gasteiger partial charge in [-0.05, 0) is 12.8 Å². The van der Waals surface area contributed by atoms with Gasteiger partial charge in [-0.1, -0.05) is 31.9 Å². The summed E-state index contributed by atoms with van der Waals surface area (Å²) in [5.41, 5.74) is 3.43. The van der Waals surface area contributed by atoms with E-state index in [1.807, 2.05) is 6.92 Å². The molecule has 0 saturated heterocycles. The van der Waals surface area contributed by atoms with Gasteiger partial charge in [0.15, 0.2) is 5.69 Å². The highest BCUT2D eigenvalue weighted by Crippen LogP contribution is 2.11. The lowest BCUT2D eigenvalue weighted by Crippen LogP contribution is -2.49. The Balaban J connectivity index is 0.000000555. The molecule has 110 valence electrons. The van der Waals surface area contributed by atoms with Crippen LogP contribution in [0.25, 0.3) is 0 Å². The summed E-state index contributed by atoms with van der Waals surface area (Å²) in [6.45, 7) is 5.75. The SMILES string of the molecule is CCCC[NH3+].CCCCn1nnc(C(=O)OC)c1[O-]. The molecular weight excluding hydrogens is 248 g/mol. The number of carbonyl (C=O) groups is 1. The lowest BCUT2D eigenvalue weighted by Gasteiger charge is -2.09. The summed E-state index contributed by atoms with van der Waals surface area (Å²) in [5.74, 6) is -1.22. The number of methoxy groups -OCH3 is 1. The van der Waals surface area contributed by atoms with Gasteiger partial charge in [0.05, 0.1) is 13.7 Å². The van der Waals surface area contributed by atoms with Crippen LogP contribution >= 0.6 is 0 Å². The second-order valence-corrected chi connectivity index (χ2v) is 4.02. The summed E-state index contributed by atoms with van der Waals surface area (Å²) < 4.78 is 5.56. The van der Waals surface area contributed by atoms with Gasteiger partial charge in [0.1, 0.15) is 0 Å². The number of hydrogen-bond acceptors (Lipinski definition) is 5. The van der Waals surface area contributed by atoms with E-state index in [1.165, 1.54) is 24.6 Å². The summed E-state index contributed by atoms with van der Waals surface area (Å²) in [7, 11) is 1.20. The van der Waals surface area contributed by atoms with E-state index in [0.29, 0.717) is 6.54 Å². The van der Waals surface area contributed by atoms with E-state index in [0.717, 1.165) is 19.4 Å². The molecule has 0 aliphatic rings. The summed E-state index contributed by atoms with van der Waals surface area (Å²) >= 11 is 0. The zero-order valence-electron chi connectivity index (χ0n) is 12.0. The molecule has 3 N–H and O–H groups in total. The molecule has 1 aromatic rings. The fraction of sp³-hybridized carbons (Fsp3) is 0.750. The second kappa shape index (κ2) is 10.3. The Bertz CT molecular complexity index is 364. The number of carbonyl (C=O) groups excluding carboxylic acids is 1. The number of ether oxygens (including phenoxy) is 1. The number of esters is 1. The molecule has 1 heterocycles. The Hall–Kier alpha value is -1.63. The van der Waals surface area contributed by atoms with Crippen LogP contribution in [0.1, 0.15) is 50.0 Å². The zero-order valence-corrected chi connectivity index (χ0v) is 12.0. The predicted molar refractivity (Wildman–Crippen MR) is 68.4 cm³/mol. The Kier molecular flexibility index (Phi) is 9.42. The van der Waals surface area contributed by atoms with Gasteiger partial charge in [0.25, 0.3) is 0 Å². The van der Waals surface area contributed by atoms with Crippen molar-refractivity contribution < 1.29 is 20.4 Å². The van der Waals surface area contributed by atoms with Gasteiger partial charge in [-0.25, -0.2) is 4.79 Å². The van der Waals surface area contributed by atoms with Crippen molar-refractivity contribution in [2.24, 2.45) is 0 Å². The lowest BCUT2D eigenvalue weighted by molar-refractivity contribution is -0.368. The molecule has 0 bridgehead atoms. The number of unbranched alkanes of at least 4 members (excludes halogenated alkanes) is 2. The number of rotatable bonds is 6. The molecule has 0 aromatic carbocycles. The van der Waals surface area contributed by atoms with E-state index in [-0.39, 0.29) is 5.69 Å². The van der Waals surface area contributed by atoms with Crippen LogP contribution in [0.2, 0.25) is 0 Å². The van der Waals surface area contributed by atoms with Crippen LogP contribution in [0, 0.1) is 0 Å². The van der Waals surface area contributed by atoms with Crippen LogP contribution in [-0.4, -0.2) is 34.6 Å². The van der Waals surface area contributed by atoms with Crippen LogP contribution < -0.4 is 10.8 Å². The van der Waals surface area contributed by atoms with Gasteiger partial charge in [-0.3, -0.25) is 4.68 Å². The molecule has 0 amide bonds. The minimum Gasteiger partial charge on any atom is -0.857 e. The van der Waals surface area contributed by atoms with Crippen molar-refractivity contribution >= 4 is 5.97 Å². The van der Waals surface area contributed by atoms with Gasteiger partial charge in [-0.2, -0.15) is 0 Å². The van der Waals surface area contributed by atoms with Crippen molar-refractivity contribution in [3.63, 3.8) is 0 Å². The molecule has 0 unspecified atom stereocenters. The van der Waals surface area contributed by atoms with Gasteiger partial charge in [0, 0.05) is 12.4 Å². The van der Waals surface area contributed by atoms with Crippen LogP contribution in [0.4, 0.5) is 0 Å². The predicted octanol–water partition coefficient (Wildman–Crippen LogP) is -0.0332. The number of aromatic nitrogens is 3. The molecular formula is C12H24N4O3. The largest absolute Gasteiger partial charge is 0.857 e. The maximum absolute atomic E-state index is 11.4. The summed E-state index contributed by atoms with van der Waals surface area (Å²) in [6, 6.07) is 0. The Morgan fingerprint density at radius 3 is 2.42 bits per heavy atom. The Morgan fingerprint density at radius 1 is 1.37 bits per heavy atom. The minimum atomic E-state index is -0.738. The van der Waals surface area contributed by atoms with Crippen LogP contribution in [-0.2, 0) is 11.3 Å². The van der Waals surface area contributed by atoms with E-state index in [1.54, 1.807) is 0 Å². The summed E-state index contributed by atoms with van der Waals surface area (Å²) in [5, 5.41) is 18.5. The lowest BCUT2D eigenvalue weighted by atomic mass is 10.3. The molecule has 0 atom stereocenters. The van der Waals surface area contributed by atoms with Gasteiger partial charge < -0.3 is 15.6 Å². The third kappa shape index (κ3) is 6.19. The average molecular weight is 272 g/mol. The maximum atomic E-state index is 11.4. The molecule has 0 fully saturated rings. The monoisotopic (exact) mass is 272 g/mol. The molecule has 0 radical (unpaired) electrons. The number of nitrogens with zero attached hydrogens (tertiary/aromatic N) is 3. The van der Waals surface area contributed by atoms with Crippen LogP contribution in [0.15, 0.2) is 0 Å². The van der Waals surface area contributed by atoms with Gasteiger partial charge >= 0.3 is 5.97 Å². The topological polar surface area (TPSA) is 108 Å². The van der Waals surface area contributed by atoms with E-state index in [9.17, 15) is 9.90 Å². The maximum Gasteiger partial charge on any atom is 0.359 e. The highest BCUT2D eigenvalue weighted by Gasteiger charge is 2.12. The third-order valence-corrected chi connectivity index (χ3v) is 2.40. The van der Waals surface area contributed by atoms with Crippen LogP contribution in [0.5, 0.6) is 5.88 Å². The van der Waals surface area contributed by atoms with E-state index >= 15 is 0 Å². The molecule has 0 spiro atoms. The quantitative estimate of drug-likeness (QED) is 0.731. The number of hydrogen-bond donors (Lipinski definition) is 1. The van der Waals surface area contributed by atoms with Crippen molar-refractivity contribution in [2.75, 3.05) is 13.7 Å². The van der Waals surface area contributed by atoms with Gasteiger partial charge in [-0.15, -0.1) is 5.10 Å². The fourth-order valence-electron chi connectivity index (χ4n) is 1.23. The highest BCUT2D eigenvalue weighted by atomic mass is 16.5. The van der Waals surface area contributed by atoms with Gasteiger partial charge in [0.2, 0.25) is 0 Å². The molecule has 1 aromatic heterocycles. The zero-order chi connectivity index (χ0) is 14.7. The summed E-state index contributed by atoms with van der Waals surface area (Å²) in [4.78, 5) is 11.0. The first-order chi connectivity index (χ1) is 9.12. The molecule has 19 heavy (non-hydrogen) atoms. The smallest absolute Gasteiger partial charge is 0.359 e. The average Bonchev–Trinajstić information content (AvgIpc) is 2.78. The molecule has 0 saturated carbocycles. The number of quaternary nitrogens is 1. The Labute approximate surface area is 113 Å². The van der Waals surface area contributed by atoms with Crippen molar-refractivity contribution in [1.82, 2.24) is 15.0 Å².